The summed E-state index contributed by atoms with van der Waals surface area (Å²) in [5.41, 5.74) is -5.16. The van der Waals surface area contributed by atoms with Gasteiger partial charge in [-0.05, 0) is 27.7 Å². The molecule has 0 atom stereocenters. The Morgan fingerprint density at radius 1 is 1.18 bits per heavy atom. The maximum Gasteiger partial charge on any atom is 0.525 e. The predicted molar refractivity (Wildman–Crippen MR) is 73.4 cm³/mol. The molecule has 1 fully saturated rings. The van der Waals surface area contributed by atoms with Gasteiger partial charge in [0.2, 0.25) is 0 Å². The molecule has 1 aromatic rings. The molecule has 9 heteroatoms. The summed E-state index contributed by atoms with van der Waals surface area (Å²) in [6, 6.07) is 0. The van der Waals surface area contributed by atoms with E-state index in [1.54, 1.807) is 27.7 Å². The van der Waals surface area contributed by atoms with Crippen LogP contribution in [0.15, 0.2) is 18.1 Å². The lowest BCUT2D eigenvalue weighted by Gasteiger charge is -2.32. The van der Waals surface area contributed by atoms with Gasteiger partial charge < -0.3 is 9.31 Å². The molecule has 22 heavy (non-hydrogen) atoms. The van der Waals surface area contributed by atoms with E-state index in [2.05, 4.69) is 5.10 Å². The quantitative estimate of drug-likeness (QED) is 0.620. The van der Waals surface area contributed by atoms with Gasteiger partial charge >= 0.3 is 13.3 Å². The summed E-state index contributed by atoms with van der Waals surface area (Å²) in [5, 5.41) is 3.65. The van der Waals surface area contributed by atoms with Gasteiger partial charge in [-0.1, -0.05) is 0 Å². The van der Waals surface area contributed by atoms with Gasteiger partial charge in [-0.15, -0.1) is 0 Å². The SMILES string of the molecule is Cn1cc(C(=C(F)B2OC(C)(C)C(C)(C)O2)C(F)(F)F)cn1. The van der Waals surface area contributed by atoms with Crippen molar-refractivity contribution in [1.82, 2.24) is 9.78 Å². The fourth-order valence-corrected chi connectivity index (χ4v) is 2.05. The van der Waals surface area contributed by atoms with E-state index < -0.39 is 35.8 Å². The first-order valence-electron chi connectivity index (χ1n) is 6.67. The van der Waals surface area contributed by atoms with Crippen molar-refractivity contribution in [3.8, 4) is 0 Å². The number of rotatable bonds is 2. The number of halogens is 4. The molecule has 0 amide bonds. The van der Waals surface area contributed by atoms with Crippen molar-refractivity contribution in [3.63, 3.8) is 0 Å². The Morgan fingerprint density at radius 2 is 1.68 bits per heavy atom. The van der Waals surface area contributed by atoms with E-state index in [-0.39, 0.29) is 5.56 Å². The Morgan fingerprint density at radius 3 is 2.05 bits per heavy atom. The molecule has 2 rings (SSSR count). The minimum atomic E-state index is -4.89. The van der Waals surface area contributed by atoms with Crippen LogP contribution in [-0.2, 0) is 16.4 Å². The maximum atomic E-state index is 14.5. The van der Waals surface area contributed by atoms with Gasteiger partial charge in [-0.3, -0.25) is 4.68 Å². The number of allylic oxidation sites excluding steroid dienone is 1. The van der Waals surface area contributed by atoms with Gasteiger partial charge in [0.1, 0.15) is 5.73 Å². The zero-order valence-corrected chi connectivity index (χ0v) is 13.0. The number of aromatic nitrogens is 2. The summed E-state index contributed by atoms with van der Waals surface area (Å²) < 4.78 is 66.2. The normalized spacial score (nSPS) is 22.0. The van der Waals surface area contributed by atoms with Gasteiger partial charge in [0.05, 0.1) is 23.0 Å². The third kappa shape index (κ3) is 2.92. The fourth-order valence-electron chi connectivity index (χ4n) is 2.05. The Labute approximate surface area is 126 Å². The summed E-state index contributed by atoms with van der Waals surface area (Å²) in [7, 11) is -0.258. The Hall–Kier alpha value is -1.35. The zero-order chi connectivity index (χ0) is 16.9. The van der Waals surface area contributed by atoms with Crippen LogP contribution in [0.1, 0.15) is 33.3 Å². The maximum absolute atomic E-state index is 14.5. The highest BCUT2D eigenvalue weighted by Crippen LogP contribution is 2.43. The van der Waals surface area contributed by atoms with Crippen LogP contribution in [0.2, 0.25) is 0 Å². The van der Waals surface area contributed by atoms with Crippen molar-refractivity contribution in [2.45, 2.75) is 45.1 Å². The van der Waals surface area contributed by atoms with Crippen molar-refractivity contribution in [3.05, 3.63) is 23.7 Å². The van der Waals surface area contributed by atoms with Crippen LogP contribution in [0.25, 0.3) is 5.57 Å². The van der Waals surface area contributed by atoms with E-state index in [1.807, 2.05) is 0 Å². The van der Waals surface area contributed by atoms with Crippen LogP contribution in [0.4, 0.5) is 17.6 Å². The summed E-state index contributed by atoms with van der Waals surface area (Å²) in [6.45, 7) is 6.55. The van der Waals surface area contributed by atoms with Crippen LogP contribution in [0.3, 0.4) is 0 Å². The summed E-state index contributed by atoms with van der Waals surface area (Å²) in [6.07, 6.45) is -2.85. The molecule has 1 aliphatic rings. The molecule has 1 saturated heterocycles. The fraction of sp³-hybridized carbons (Fsp3) is 0.615. The van der Waals surface area contributed by atoms with Crippen molar-refractivity contribution in [2.24, 2.45) is 7.05 Å². The molecule has 0 aromatic carbocycles. The molecule has 0 N–H and O–H groups in total. The van der Waals surface area contributed by atoms with E-state index in [0.29, 0.717) is 0 Å². The lowest BCUT2D eigenvalue weighted by Crippen LogP contribution is -2.41. The van der Waals surface area contributed by atoms with Crippen molar-refractivity contribution < 1.29 is 26.9 Å². The first-order chi connectivity index (χ1) is 9.85. The number of alkyl halides is 3. The second kappa shape index (κ2) is 5.09. The average Bonchev–Trinajstić information content (AvgIpc) is 2.80. The first kappa shape index (κ1) is 17.0. The van der Waals surface area contributed by atoms with Gasteiger partial charge in [0.25, 0.3) is 0 Å². The van der Waals surface area contributed by atoms with Gasteiger partial charge in [0, 0.05) is 18.8 Å². The Balaban J connectivity index is 2.49. The van der Waals surface area contributed by atoms with Crippen LogP contribution < -0.4 is 0 Å². The van der Waals surface area contributed by atoms with Crippen LogP contribution in [0.5, 0.6) is 0 Å². The summed E-state index contributed by atoms with van der Waals surface area (Å²) in [4.78, 5) is 0. The molecule has 2 heterocycles. The third-order valence-electron chi connectivity index (χ3n) is 3.98. The zero-order valence-electron chi connectivity index (χ0n) is 13.0. The molecule has 0 radical (unpaired) electrons. The third-order valence-corrected chi connectivity index (χ3v) is 3.98. The van der Waals surface area contributed by atoms with Crippen molar-refractivity contribution in [1.29, 1.82) is 0 Å². The highest BCUT2D eigenvalue weighted by molar-refractivity contribution is 6.55. The average molecular weight is 320 g/mol. The molecular weight excluding hydrogens is 303 g/mol. The highest BCUT2D eigenvalue weighted by atomic mass is 19.4. The number of aryl methyl sites for hydroxylation is 1. The lowest BCUT2D eigenvalue weighted by molar-refractivity contribution is -0.0699. The van der Waals surface area contributed by atoms with Gasteiger partial charge in [0.15, 0.2) is 0 Å². The van der Waals surface area contributed by atoms with E-state index >= 15 is 0 Å². The second-order valence-electron chi connectivity index (χ2n) is 6.21. The minimum absolute atomic E-state index is 0.373. The molecule has 1 aliphatic heterocycles. The molecule has 1 aromatic heterocycles. The second-order valence-corrected chi connectivity index (χ2v) is 6.21. The van der Waals surface area contributed by atoms with Crippen LogP contribution >= 0.6 is 0 Å². The van der Waals surface area contributed by atoms with Crippen molar-refractivity contribution >= 4 is 12.7 Å². The Kier molecular flexibility index (Phi) is 3.94. The standard InChI is InChI=1S/C13H17BF4N2O2/c1-11(2)12(3,4)22-14(21-11)10(15)9(13(16,17)18)8-6-19-20(5)7-8/h6-7H,1-5H3. The monoisotopic (exact) mass is 320 g/mol. The van der Waals surface area contributed by atoms with Crippen molar-refractivity contribution in [2.75, 3.05) is 0 Å². The summed E-state index contributed by atoms with van der Waals surface area (Å²) in [5.74, 6) is 0. The molecule has 0 saturated carbocycles. The van der Waals surface area contributed by atoms with E-state index in [1.165, 1.54) is 11.7 Å². The molecule has 0 bridgehead atoms. The summed E-state index contributed by atoms with van der Waals surface area (Å²) >= 11 is 0. The minimum Gasteiger partial charge on any atom is -0.398 e. The molecule has 0 spiro atoms. The molecule has 0 unspecified atom stereocenters. The van der Waals surface area contributed by atoms with Gasteiger partial charge in [-0.2, -0.15) is 18.3 Å². The van der Waals surface area contributed by atoms with Crippen LogP contribution in [0, 0.1) is 0 Å². The van der Waals surface area contributed by atoms with E-state index in [0.717, 1.165) is 12.4 Å². The molecule has 4 nitrogen and oxygen atoms in total. The Bertz CT molecular complexity index is 591. The van der Waals surface area contributed by atoms with E-state index in [4.69, 9.17) is 9.31 Å². The molecule has 0 aliphatic carbocycles. The molecule has 122 valence electrons. The number of hydrogen-bond donors (Lipinski definition) is 0. The van der Waals surface area contributed by atoms with Gasteiger partial charge in [-0.25, -0.2) is 4.39 Å². The predicted octanol–water partition coefficient (Wildman–Crippen LogP) is 3.29. The van der Waals surface area contributed by atoms with E-state index in [9.17, 15) is 17.6 Å². The lowest BCUT2D eigenvalue weighted by atomic mass is 9.83. The smallest absolute Gasteiger partial charge is 0.398 e. The number of hydrogen-bond acceptors (Lipinski definition) is 3. The molecular formula is C13H17BF4N2O2. The first-order valence-corrected chi connectivity index (χ1v) is 6.67. The highest BCUT2D eigenvalue weighted by Gasteiger charge is 2.55. The largest absolute Gasteiger partial charge is 0.525 e. The number of nitrogens with zero attached hydrogens (tertiary/aromatic N) is 2. The topological polar surface area (TPSA) is 36.3 Å². The van der Waals surface area contributed by atoms with Crippen LogP contribution in [-0.4, -0.2) is 34.3 Å².